The zero-order valence-electron chi connectivity index (χ0n) is 18.1. The van der Waals surface area contributed by atoms with E-state index < -0.39 is 12.1 Å². The molecule has 0 aliphatic carbocycles. The third-order valence-corrected chi connectivity index (χ3v) is 4.65. The lowest BCUT2D eigenvalue weighted by Gasteiger charge is -2.15. The van der Waals surface area contributed by atoms with Crippen molar-refractivity contribution >= 4 is 17.6 Å². The topological polar surface area (TPSA) is 83.1 Å². The summed E-state index contributed by atoms with van der Waals surface area (Å²) in [5.74, 6) is 0.681. The quantitative estimate of drug-likeness (QED) is 0.595. The molecule has 0 spiro atoms. The first kappa shape index (κ1) is 23.1. The minimum absolute atomic E-state index is 0.113. The van der Waals surface area contributed by atoms with Crippen molar-refractivity contribution in [1.29, 1.82) is 0 Å². The molecule has 1 amide bonds. The highest BCUT2D eigenvalue weighted by Crippen LogP contribution is 2.38. The summed E-state index contributed by atoms with van der Waals surface area (Å²) in [5.41, 5.74) is 2.67. The first-order valence-electron chi connectivity index (χ1n) is 9.80. The van der Waals surface area contributed by atoms with Crippen LogP contribution in [0.15, 0.2) is 36.4 Å². The summed E-state index contributed by atoms with van der Waals surface area (Å²) in [6, 6.07) is 11.1. The fourth-order valence-electron chi connectivity index (χ4n) is 2.90. The van der Waals surface area contributed by atoms with Gasteiger partial charge in [-0.3, -0.25) is 9.59 Å². The van der Waals surface area contributed by atoms with Gasteiger partial charge in [-0.05, 0) is 55.2 Å². The number of hydrogen-bond acceptors (Lipinski definition) is 6. The molecule has 0 unspecified atom stereocenters. The number of ether oxygens (including phenoxy) is 4. The van der Waals surface area contributed by atoms with E-state index in [1.165, 1.54) is 26.9 Å². The predicted octanol–water partition coefficient (Wildman–Crippen LogP) is 3.78. The average molecular weight is 415 g/mol. The van der Waals surface area contributed by atoms with Crippen molar-refractivity contribution in [2.24, 2.45) is 0 Å². The molecule has 0 bridgehead atoms. The molecule has 7 nitrogen and oxygen atoms in total. The Balaban J connectivity index is 1.91. The maximum atomic E-state index is 12.3. The van der Waals surface area contributed by atoms with Crippen LogP contribution in [0.1, 0.15) is 31.4 Å². The number of anilines is 1. The molecule has 0 fully saturated rings. The van der Waals surface area contributed by atoms with Gasteiger partial charge in [-0.15, -0.1) is 0 Å². The molecule has 2 rings (SSSR count). The van der Waals surface area contributed by atoms with Gasteiger partial charge in [0.05, 0.1) is 21.3 Å². The van der Waals surface area contributed by atoms with E-state index in [9.17, 15) is 9.59 Å². The fourth-order valence-corrected chi connectivity index (χ4v) is 2.90. The average Bonchev–Trinajstić information content (AvgIpc) is 2.77. The minimum atomic E-state index is -0.900. The van der Waals surface area contributed by atoms with Crippen LogP contribution in [0.25, 0.3) is 0 Å². The van der Waals surface area contributed by atoms with Crippen LogP contribution in [0.2, 0.25) is 0 Å². The number of aryl methyl sites for hydroxylation is 2. The second kappa shape index (κ2) is 11.1. The van der Waals surface area contributed by atoms with Gasteiger partial charge >= 0.3 is 5.97 Å². The van der Waals surface area contributed by atoms with Gasteiger partial charge < -0.3 is 24.3 Å². The van der Waals surface area contributed by atoms with Crippen LogP contribution < -0.4 is 19.5 Å². The number of hydrogen-bond donors (Lipinski definition) is 1. The van der Waals surface area contributed by atoms with Crippen LogP contribution in [0.5, 0.6) is 17.2 Å². The number of amides is 1. The fraction of sp³-hybridized carbons (Fsp3) is 0.391. The van der Waals surface area contributed by atoms with Crippen molar-refractivity contribution in [2.75, 3.05) is 26.6 Å². The van der Waals surface area contributed by atoms with E-state index in [1.54, 1.807) is 19.1 Å². The predicted molar refractivity (Wildman–Crippen MR) is 114 cm³/mol. The second-order valence-electron chi connectivity index (χ2n) is 6.71. The van der Waals surface area contributed by atoms with E-state index in [2.05, 4.69) is 12.2 Å². The van der Waals surface area contributed by atoms with E-state index in [4.69, 9.17) is 18.9 Å². The molecule has 2 aromatic carbocycles. The number of carbonyl (C=O) groups is 2. The summed E-state index contributed by atoms with van der Waals surface area (Å²) in [6.07, 6.45) is 0.543. The van der Waals surface area contributed by atoms with E-state index in [-0.39, 0.29) is 12.3 Å². The number of esters is 1. The van der Waals surface area contributed by atoms with Gasteiger partial charge in [0.25, 0.3) is 5.91 Å². The molecule has 0 saturated heterocycles. The standard InChI is InChI=1S/C23H29NO6/c1-6-16-7-10-18(11-8-16)24-23(26)15(2)30-21(25)12-9-17-13-19(27-3)22(29-5)20(14-17)28-4/h7-8,10-11,13-15H,6,9,12H2,1-5H3,(H,24,26)/t15-/m1/s1. The molecule has 2 aromatic rings. The summed E-state index contributed by atoms with van der Waals surface area (Å²) in [6.45, 7) is 3.61. The van der Waals surface area contributed by atoms with Crippen molar-refractivity contribution in [2.45, 2.75) is 39.2 Å². The van der Waals surface area contributed by atoms with Gasteiger partial charge in [0.2, 0.25) is 5.75 Å². The lowest BCUT2D eigenvalue weighted by atomic mass is 10.1. The SMILES string of the molecule is CCc1ccc(NC(=O)[C@@H](C)OC(=O)CCc2cc(OC)c(OC)c(OC)c2)cc1. The molecule has 162 valence electrons. The summed E-state index contributed by atoms with van der Waals surface area (Å²) in [7, 11) is 4.60. The number of nitrogens with one attached hydrogen (secondary N) is 1. The van der Waals surface area contributed by atoms with E-state index >= 15 is 0 Å². The van der Waals surface area contributed by atoms with Crippen LogP contribution >= 0.6 is 0 Å². The maximum absolute atomic E-state index is 12.3. The van der Waals surface area contributed by atoms with Crippen molar-refractivity contribution < 1.29 is 28.5 Å². The van der Waals surface area contributed by atoms with Gasteiger partial charge in [0, 0.05) is 12.1 Å². The molecule has 0 saturated carbocycles. The molecule has 0 aliphatic rings. The molecule has 0 aromatic heterocycles. The van der Waals surface area contributed by atoms with Crippen LogP contribution in [0, 0.1) is 0 Å². The molecule has 30 heavy (non-hydrogen) atoms. The van der Waals surface area contributed by atoms with Crippen molar-refractivity contribution in [3.8, 4) is 17.2 Å². The highest BCUT2D eigenvalue weighted by atomic mass is 16.5. The molecule has 0 radical (unpaired) electrons. The first-order chi connectivity index (χ1) is 14.4. The highest BCUT2D eigenvalue weighted by molar-refractivity contribution is 5.95. The number of benzene rings is 2. The van der Waals surface area contributed by atoms with Crippen molar-refractivity contribution in [3.63, 3.8) is 0 Å². The van der Waals surface area contributed by atoms with Gasteiger partial charge in [0.1, 0.15) is 0 Å². The number of rotatable bonds is 10. The molecule has 1 N–H and O–H groups in total. The Morgan fingerprint density at radius 2 is 1.53 bits per heavy atom. The van der Waals surface area contributed by atoms with Crippen molar-refractivity contribution in [1.82, 2.24) is 0 Å². The molecule has 0 aliphatic heterocycles. The van der Waals surface area contributed by atoms with E-state index in [0.717, 1.165) is 12.0 Å². The van der Waals surface area contributed by atoms with Crippen LogP contribution in [0.3, 0.4) is 0 Å². The second-order valence-corrected chi connectivity index (χ2v) is 6.71. The summed E-state index contributed by atoms with van der Waals surface area (Å²) < 4.78 is 21.2. The monoisotopic (exact) mass is 415 g/mol. The largest absolute Gasteiger partial charge is 0.493 e. The van der Waals surface area contributed by atoms with Gasteiger partial charge in [-0.1, -0.05) is 19.1 Å². The van der Waals surface area contributed by atoms with Gasteiger partial charge in [-0.2, -0.15) is 0 Å². The summed E-state index contributed by atoms with van der Waals surface area (Å²) >= 11 is 0. The van der Waals surface area contributed by atoms with Crippen LogP contribution in [-0.4, -0.2) is 39.3 Å². The molecule has 0 heterocycles. The Kier molecular flexibility index (Phi) is 8.53. The Morgan fingerprint density at radius 1 is 0.933 bits per heavy atom. The zero-order valence-corrected chi connectivity index (χ0v) is 18.1. The Hall–Kier alpha value is -3.22. The van der Waals surface area contributed by atoms with E-state index in [0.29, 0.717) is 29.4 Å². The molecule has 7 heteroatoms. The highest BCUT2D eigenvalue weighted by Gasteiger charge is 2.19. The zero-order chi connectivity index (χ0) is 22.1. The number of carbonyl (C=O) groups excluding carboxylic acids is 2. The Bertz CT molecular complexity index is 837. The lowest BCUT2D eigenvalue weighted by molar-refractivity contribution is -0.153. The summed E-state index contributed by atoms with van der Waals surface area (Å²) in [4.78, 5) is 24.5. The lowest BCUT2D eigenvalue weighted by Crippen LogP contribution is -2.30. The van der Waals surface area contributed by atoms with Gasteiger partial charge in [0.15, 0.2) is 17.6 Å². The first-order valence-corrected chi connectivity index (χ1v) is 9.80. The Morgan fingerprint density at radius 3 is 2.03 bits per heavy atom. The van der Waals surface area contributed by atoms with Gasteiger partial charge in [-0.25, -0.2) is 0 Å². The molecular formula is C23H29NO6. The third-order valence-electron chi connectivity index (χ3n) is 4.65. The van der Waals surface area contributed by atoms with Crippen molar-refractivity contribution in [3.05, 3.63) is 47.5 Å². The molecule has 1 atom stereocenters. The number of methoxy groups -OCH3 is 3. The Labute approximate surface area is 177 Å². The smallest absolute Gasteiger partial charge is 0.306 e. The van der Waals surface area contributed by atoms with E-state index in [1.807, 2.05) is 24.3 Å². The maximum Gasteiger partial charge on any atom is 0.306 e. The van der Waals surface area contributed by atoms with Crippen LogP contribution in [-0.2, 0) is 27.2 Å². The normalized spacial score (nSPS) is 11.4. The summed E-state index contributed by atoms with van der Waals surface area (Å²) in [5, 5.41) is 2.75. The minimum Gasteiger partial charge on any atom is -0.493 e. The van der Waals surface area contributed by atoms with Crippen LogP contribution in [0.4, 0.5) is 5.69 Å². The third kappa shape index (κ3) is 6.14. The molecular weight excluding hydrogens is 386 g/mol.